The minimum Gasteiger partial charge on any atom is -0.469 e. The normalized spacial score (nSPS) is 31.0. The van der Waals surface area contributed by atoms with Crippen LogP contribution in [0, 0.1) is 11.8 Å². The molecule has 18 atom stereocenters. The lowest BCUT2D eigenvalue weighted by Gasteiger charge is -2.25. The number of fused-ring (bicyclic) bond motifs is 5. The number of anilines is 9. The van der Waals surface area contributed by atoms with E-state index >= 15 is 17.6 Å². The van der Waals surface area contributed by atoms with E-state index in [9.17, 15) is 34.7 Å². The molecule has 19 rings (SSSR count). The van der Waals surface area contributed by atoms with Crippen LogP contribution in [0.3, 0.4) is 0 Å². The highest BCUT2D eigenvalue weighted by Gasteiger charge is 2.59. The van der Waals surface area contributed by atoms with E-state index < -0.39 is 103 Å². The summed E-state index contributed by atoms with van der Waals surface area (Å²) in [7, 11) is 0. The largest absolute Gasteiger partial charge is 0.469 e. The van der Waals surface area contributed by atoms with Crippen molar-refractivity contribution in [1.29, 1.82) is 0 Å². The van der Waals surface area contributed by atoms with Crippen LogP contribution in [0.2, 0.25) is 5.15 Å². The molecule has 0 aliphatic carbocycles. The van der Waals surface area contributed by atoms with Crippen LogP contribution >= 0.6 is 34.2 Å². The number of carbonyl (C=O) groups excluding carboxylic acids is 1. The second-order valence-corrected chi connectivity index (χ2v) is 34.7. The smallest absolute Gasteiger partial charge is 0.233 e. The fourth-order valence-electron chi connectivity index (χ4n) is 17.0. The number of nitrogens with one attached hydrogen (secondary N) is 1. The Morgan fingerprint density at radius 2 is 0.790 bits per heavy atom. The highest BCUT2D eigenvalue weighted by molar-refractivity contribution is 14.1. The summed E-state index contributed by atoms with van der Waals surface area (Å²) in [4.78, 5) is 84.7. The topological polar surface area (TPSA) is 511 Å². The highest BCUT2D eigenvalue weighted by atomic mass is 127. The number of carbonyl (C=O) groups is 1. The van der Waals surface area contributed by atoms with Crippen LogP contribution in [0.25, 0.3) is 55.8 Å². The number of nitrogens with zero attached hydrogens (tertiary/aromatic N) is 24. The number of ether oxygens (including phenoxy) is 5. The molecule has 0 bridgehead atoms. The maximum Gasteiger partial charge on any atom is 0.233 e. The summed E-state index contributed by atoms with van der Waals surface area (Å²) in [6.07, 6.45) is 3.82. The molecule has 47 heteroatoms. The fraction of sp³-hybridized carbons (Fsp3) is 0.610. The molecule has 9 saturated heterocycles. The third kappa shape index (κ3) is 16.1. The van der Waals surface area contributed by atoms with Crippen LogP contribution in [-0.4, -0.2) is 263 Å². The van der Waals surface area contributed by atoms with Crippen molar-refractivity contribution in [3.8, 4) is 0 Å². The van der Waals surface area contributed by atoms with E-state index in [4.69, 9.17) is 58.2 Å². The molecular formula is C77H102ClF5IN29O11. The standard InChI is InChI=1S/C19H25FN6O3.C15H20FIN6O2.C15H21FN6O3.C15H19FN6O2.C13H17ClFN5O/c1-10(2)16(28)24-18-22-14(25-7-5-6-8-25)12-15(23-18)26(9-21-12)17-19(4,20)13(27)11(3)29-17;1-15(16)10(24)8(6-17)25-13(15)23-7-19-9-11(22-4-2-3-5-22)20-14(18)21-12(9)23;1-15(16)10(24)8(6-23)25-13(15)22-7-18-9-11(21-4-2-3-5-21)19-14(17)20-12(9)22;1-8-10(23)15(2,16)13(24-8)22-7-18-9-11(21-5-3-4-6-21)19-14(17)20-12(9)22;1-4-7-6(2)13(3,15)11(21-7)20-5-17-8-9(14)18-12(16)19-10(8)20/h9-10,13,17,27H,3,5-8H2,1-2,4H3,(H,22,23,24,28);7-8,10,13,24H,2-6H2,1H3,(H2,18,20,21);7-8,10,13,23-24H,2-6H2,1H3,(H2,17,19,20);7,10,13,23H,1,3-6H2,2H3,(H2,17,19,20);5-7,11H,4H2,1-3H3,(H2,16,18,19)/t13-,17-,19-;2*8-,10-,13-,15-;10-,13-,15-;6-,7-,11-,13-/m11111/s1. The molecule has 10 aromatic heterocycles. The number of nitrogens with two attached hydrogens (primary N) is 4. The molecule has 0 radical (unpaired) electrons. The zero-order chi connectivity index (χ0) is 88.9. The maximum atomic E-state index is 15.2. The first-order valence-corrected chi connectivity index (χ1v) is 42.9. The Morgan fingerprint density at radius 3 is 1.10 bits per heavy atom. The summed E-state index contributed by atoms with van der Waals surface area (Å²) < 4.78 is 111. The summed E-state index contributed by atoms with van der Waals surface area (Å²) in [5, 5.41) is 52.5. The number of aliphatic hydroxyl groups is 5. The van der Waals surface area contributed by atoms with E-state index in [2.05, 4.69) is 135 Å². The summed E-state index contributed by atoms with van der Waals surface area (Å²) in [6, 6.07) is 0. The average molecular weight is 1870 g/mol. The van der Waals surface area contributed by atoms with Gasteiger partial charge in [0.15, 0.2) is 126 Å². The van der Waals surface area contributed by atoms with Gasteiger partial charge in [-0.3, -0.25) is 32.9 Å². The lowest BCUT2D eigenvalue weighted by atomic mass is 9.88. The molecule has 0 saturated carbocycles. The molecule has 40 nitrogen and oxygen atoms in total. The van der Waals surface area contributed by atoms with Gasteiger partial charge >= 0.3 is 0 Å². The van der Waals surface area contributed by atoms with E-state index in [1.54, 1.807) is 18.4 Å². The summed E-state index contributed by atoms with van der Waals surface area (Å²) in [5.41, 5.74) is 17.7. The predicted octanol–water partition coefficient (Wildman–Crippen LogP) is 7.44. The number of aliphatic hydroxyl groups excluding tert-OH is 5. The van der Waals surface area contributed by atoms with Crippen LogP contribution in [0.15, 0.2) is 56.3 Å². The first-order valence-electron chi connectivity index (χ1n) is 41.0. The summed E-state index contributed by atoms with van der Waals surface area (Å²) >= 11 is 8.07. The van der Waals surface area contributed by atoms with Crippen LogP contribution in [0.4, 0.5) is 75.0 Å². The lowest BCUT2D eigenvalue weighted by molar-refractivity contribution is -0.118. The van der Waals surface area contributed by atoms with Crippen LogP contribution in [-0.2, 0) is 28.5 Å². The van der Waals surface area contributed by atoms with Crippen molar-refractivity contribution in [3.63, 3.8) is 0 Å². The van der Waals surface area contributed by atoms with Gasteiger partial charge < -0.3 is 91.8 Å². The molecule has 10 aromatic rings. The van der Waals surface area contributed by atoms with Crippen molar-refractivity contribution in [2.75, 3.05) is 111 Å². The lowest BCUT2D eigenvalue weighted by Crippen LogP contribution is -2.40. The minimum atomic E-state index is -2.12. The number of alkyl halides is 6. The maximum absolute atomic E-state index is 15.2. The van der Waals surface area contributed by atoms with Gasteiger partial charge in [0.2, 0.25) is 48.1 Å². The van der Waals surface area contributed by atoms with E-state index in [-0.39, 0.29) is 70.3 Å². The highest BCUT2D eigenvalue weighted by Crippen LogP contribution is 2.51. The molecule has 0 spiro atoms. The number of imidazole rings is 5. The molecule has 9 aliphatic rings. The number of aromatic nitrogens is 20. The molecule has 124 heavy (non-hydrogen) atoms. The van der Waals surface area contributed by atoms with Crippen LogP contribution < -0.4 is 47.9 Å². The third-order valence-corrected chi connectivity index (χ3v) is 25.4. The number of hydrogen-bond donors (Lipinski definition) is 10. The zero-order valence-corrected chi connectivity index (χ0v) is 72.6. The predicted molar refractivity (Wildman–Crippen MR) is 456 cm³/mol. The van der Waals surface area contributed by atoms with Gasteiger partial charge in [-0.25, -0.2) is 46.9 Å². The van der Waals surface area contributed by atoms with Gasteiger partial charge in [-0.1, -0.05) is 75.0 Å². The summed E-state index contributed by atoms with van der Waals surface area (Å²) in [5.74, 6) is 2.15. The van der Waals surface area contributed by atoms with Crippen molar-refractivity contribution >= 4 is 149 Å². The summed E-state index contributed by atoms with van der Waals surface area (Å²) in [6.45, 7) is 27.5. The molecule has 1 amide bonds. The molecule has 0 unspecified atom stereocenters. The van der Waals surface area contributed by atoms with Gasteiger partial charge in [0.1, 0.15) is 60.2 Å². The molecule has 9 aliphatic heterocycles. The quantitative estimate of drug-likeness (QED) is 0.0219. The van der Waals surface area contributed by atoms with Gasteiger partial charge in [0.05, 0.1) is 37.8 Å². The van der Waals surface area contributed by atoms with E-state index in [1.165, 1.54) is 84.5 Å². The Hall–Kier alpha value is -9.95. The number of hydrogen-bond acceptors (Lipinski definition) is 34. The van der Waals surface area contributed by atoms with Crippen molar-refractivity contribution in [3.05, 3.63) is 61.5 Å². The fourth-order valence-corrected chi connectivity index (χ4v) is 17.9. The molecule has 9 fully saturated rings. The van der Waals surface area contributed by atoms with E-state index in [0.29, 0.717) is 83.5 Å². The monoisotopic (exact) mass is 1870 g/mol. The molecule has 14 N–H and O–H groups in total. The Bertz CT molecular complexity index is 5490. The molecule has 19 heterocycles. The van der Waals surface area contributed by atoms with Gasteiger partial charge in [-0.2, -0.15) is 49.8 Å². The number of rotatable bonds is 14. The van der Waals surface area contributed by atoms with Gasteiger partial charge in [0, 0.05) is 68.6 Å². The second kappa shape index (κ2) is 34.4. The van der Waals surface area contributed by atoms with Gasteiger partial charge in [0.25, 0.3) is 0 Å². The first-order chi connectivity index (χ1) is 58.8. The van der Waals surface area contributed by atoms with Crippen molar-refractivity contribution in [2.24, 2.45) is 11.8 Å². The SMILES string of the molecule is C=C1O[C@@H](n2cnc3c(N4CCCC4)nc(N)nc32)[C@](C)(F)[C@@H]1O.C=C1O[C@@H](n2cnc3c(N4CCCC4)nc(NC(=O)C(C)C)nc32)[C@](C)(F)[C@@H]1O.CC[C@H]1O[C@@H](n2cnc3c(Cl)nc(N)nc32)[C@](C)(F)[C@@H]1C.C[C@@]1(F)[C@H](O)[C@@H](CI)O[C@H]1n1cnc2c(N3CCCC3)nc(N)nc21.C[C@@]1(F)[C@H](O)[C@@H](CO)O[C@H]1n1cnc2c(N3CCCC3)nc(N)nc21. The Morgan fingerprint density at radius 1 is 0.484 bits per heavy atom. The Balaban J connectivity index is 0.000000120. The van der Waals surface area contributed by atoms with Crippen LogP contribution in [0.1, 0.15) is 151 Å². The van der Waals surface area contributed by atoms with Crippen molar-refractivity contribution in [2.45, 2.75) is 222 Å². The van der Waals surface area contributed by atoms with E-state index in [1.807, 2.05) is 13.8 Å². The second-order valence-electron chi connectivity index (χ2n) is 33.4. The van der Waals surface area contributed by atoms with Gasteiger partial charge in [-0.05, 0) is 92.4 Å². The molecule has 670 valence electrons. The molecule has 0 aromatic carbocycles. The minimum absolute atomic E-state index is 0.0198. The Labute approximate surface area is 725 Å². The third-order valence-electron chi connectivity index (χ3n) is 24.3. The van der Waals surface area contributed by atoms with Gasteiger partial charge in [-0.15, -0.1) is 0 Å². The van der Waals surface area contributed by atoms with Crippen molar-refractivity contribution < 1.29 is 76.0 Å². The van der Waals surface area contributed by atoms with Crippen molar-refractivity contribution in [1.82, 2.24) is 97.6 Å². The zero-order valence-electron chi connectivity index (χ0n) is 69.7. The molecular weight excluding hydrogens is 1760 g/mol. The van der Waals surface area contributed by atoms with E-state index in [0.717, 1.165) is 110 Å². The first kappa shape index (κ1) is 88.9. The Kier molecular flexibility index (Phi) is 24.7. The number of nitrogen functional groups attached to an aromatic ring is 4. The average Bonchev–Trinajstić information content (AvgIpc) is 1.75. The number of halogens is 7. The van der Waals surface area contributed by atoms with Crippen LogP contribution in [0.5, 0.6) is 0 Å². The number of amides is 1.